The monoisotopic (exact) mass is 211 g/mol. The number of ether oxygens (including phenoxy) is 1. The van der Waals surface area contributed by atoms with Crippen LogP contribution < -0.4 is 5.32 Å². The van der Waals surface area contributed by atoms with Gasteiger partial charge in [-0.05, 0) is 6.92 Å². The fourth-order valence-corrected chi connectivity index (χ4v) is 0.785. The lowest BCUT2D eigenvalue weighted by Gasteiger charge is -2.02. The molecule has 0 fully saturated rings. The fraction of sp³-hybridized carbons (Fsp3) is 0.500. The van der Waals surface area contributed by atoms with E-state index in [0.29, 0.717) is 11.5 Å². The summed E-state index contributed by atoms with van der Waals surface area (Å²) in [6.07, 6.45) is 3.10. The lowest BCUT2D eigenvalue weighted by Crippen LogP contribution is -2.17. The predicted molar refractivity (Wildman–Crippen MR) is 58.6 cm³/mol. The first-order valence-electron chi connectivity index (χ1n) is 4.80. The van der Waals surface area contributed by atoms with E-state index in [1.807, 2.05) is 13.8 Å². The van der Waals surface area contributed by atoms with Gasteiger partial charge in [0.05, 0.1) is 18.1 Å². The van der Waals surface area contributed by atoms with E-state index in [1.165, 1.54) is 7.11 Å². The molecule has 1 N–H and O–H groups in total. The summed E-state index contributed by atoms with van der Waals surface area (Å²) in [6.45, 7) is 5.81. The molecule has 0 saturated carbocycles. The normalized spacial score (nSPS) is 8.80. The number of nitrogens with zero attached hydrogens (tertiary/aromatic N) is 2. The van der Waals surface area contributed by atoms with Gasteiger partial charge < -0.3 is 10.1 Å². The number of rotatable bonds is 3. The third-order valence-electron chi connectivity index (χ3n) is 1.34. The Morgan fingerprint density at radius 1 is 1.40 bits per heavy atom. The molecule has 0 spiro atoms. The van der Waals surface area contributed by atoms with Gasteiger partial charge in [0.1, 0.15) is 12.4 Å². The fourth-order valence-electron chi connectivity index (χ4n) is 0.785. The van der Waals surface area contributed by atoms with Gasteiger partial charge in [-0.25, -0.2) is 9.97 Å². The molecule has 5 heteroatoms. The molecule has 0 aromatic carbocycles. The van der Waals surface area contributed by atoms with Crippen LogP contribution in [-0.2, 0) is 9.53 Å². The van der Waals surface area contributed by atoms with Crippen molar-refractivity contribution in [3.8, 4) is 0 Å². The van der Waals surface area contributed by atoms with Gasteiger partial charge in [-0.2, -0.15) is 0 Å². The van der Waals surface area contributed by atoms with Crippen LogP contribution in [0.25, 0.3) is 0 Å². The number of methoxy groups -OCH3 is 1. The minimum atomic E-state index is -0.213. The molecule has 1 heterocycles. The summed E-state index contributed by atoms with van der Waals surface area (Å²) in [5.74, 6) is 0.458. The molecule has 0 radical (unpaired) electrons. The van der Waals surface area contributed by atoms with Crippen molar-refractivity contribution in [2.45, 2.75) is 20.8 Å². The summed E-state index contributed by atoms with van der Waals surface area (Å²) in [5, 5.41) is 2.58. The second-order valence-electron chi connectivity index (χ2n) is 2.50. The van der Waals surface area contributed by atoms with Gasteiger partial charge >= 0.3 is 0 Å². The van der Waals surface area contributed by atoms with E-state index in [1.54, 1.807) is 19.3 Å². The van der Waals surface area contributed by atoms with Crippen molar-refractivity contribution in [3.63, 3.8) is 0 Å². The van der Waals surface area contributed by atoms with E-state index in [-0.39, 0.29) is 12.5 Å². The van der Waals surface area contributed by atoms with Gasteiger partial charge in [-0.1, -0.05) is 13.8 Å². The summed E-state index contributed by atoms with van der Waals surface area (Å²) in [6, 6.07) is 0. The quantitative estimate of drug-likeness (QED) is 0.820. The number of aromatic nitrogens is 2. The summed E-state index contributed by atoms with van der Waals surface area (Å²) in [4.78, 5) is 18.9. The van der Waals surface area contributed by atoms with Gasteiger partial charge in [0.25, 0.3) is 0 Å². The van der Waals surface area contributed by atoms with Crippen molar-refractivity contribution >= 4 is 11.6 Å². The summed E-state index contributed by atoms with van der Waals surface area (Å²) >= 11 is 0. The van der Waals surface area contributed by atoms with Crippen molar-refractivity contribution in [2.24, 2.45) is 0 Å². The van der Waals surface area contributed by atoms with Crippen molar-refractivity contribution < 1.29 is 9.53 Å². The maximum Gasteiger partial charge on any atom is 0.250 e. The standard InChI is InChI=1S/C8H11N3O2.C2H6/c1-6-9-3-7(4-10-6)11-8(12)5-13-2;1-2/h3-4H,5H2,1-2H3,(H,11,12);1-2H3. The number of hydrogen-bond acceptors (Lipinski definition) is 4. The van der Waals surface area contributed by atoms with Crippen LogP contribution in [0.1, 0.15) is 19.7 Å². The van der Waals surface area contributed by atoms with Gasteiger partial charge in [0, 0.05) is 7.11 Å². The lowest BCUT2D eigenvalue weighted by molar-refractivity contribution is -0.119. The number of carbonyl (C=O) groups is 1. The van der Waals surface area contributed by atoms with Gasteiger partial charge in [-0.3, -0.25) is 4.79 Å². The Labute approximate surface area is 89.9 Å². The molecule has 5 nitrogen and oxygen atoms in total. The molecule has 1 rings (SSSR count). The molecule has 0 unspecified atom stereocenters. The van der Waals surface area contributed by atoms with Gasteiger partial charge in [-0.15, -0.1) is 0 Å². The van der Waals surface area contributed by atoms with Crippen molar-refractivity contribution in [1.29, 1.82) is 0 Å². The zero-order valence-electron chi connectivity index (χ0n) is 9.57. The molecule has 0 atom stereocenters. The van der Waals surface area contributed by atoms with Crippen molar-refractivity contribution in [1.82, 2.24) is 9.97 Å². The van der Waals surface area contributed by atoms with Crippen LogP contribution in [0.3, 0.4) is 0 Å². The molecule has 0 aliphatic carbocycles. The molecule has 0 aliphatic rings. The Morgan fingerprint density at radius 2 is 1.93 bits per heavy atom. The molecule has 1 aromatic heterocycles. The molecule has 0 aliphatic heterocycles. The molecule has 0 bridgehead atoms. The first-order chi connectivity index (χ1) is 7.22. The Bertz CT molecular complexity index is 285. The maximum atomic E-state index is 11.0. The average Bonchev–Trinajstić information content (AvgIpc) is 2.25. The van der Waals surface area contributed by atoms with E-state index in [2.05, 4.69) is 20.0 Å². The average molecular weight is 211 g/mol. The largest absolute Gasteiger partial charge is 0.375 e. The third kappa shape index (κ3) is 5.74. The zero-order valence-corrected chi connectivity index (χ0v) is 9.57. The number of carbonyl (C=O) groups excluding carboxylic acids is 1. The SMILES string of the molecule is CC.COCC(=O)Nc1cnc(C)nc1. The van der Waals surface area contributed by atoms with Crippen LogP contribution in [0.15, 0.2) is 12.4 Å². The first kappa shape index (κ1) is 13.5. The Kier molecular flexibility index (Phi) is 7.09. The van der Waals surface area contributed by atoms with E-state index >= 15 is 0 Å². The number of amides is 1. The highest BCUT2D eigenvalue weighted by Gasteiger charge is 2.00. The Hall–Kier alpha value is -1.49. The highest BCUT2D eigenvalue weighted by Crippen LogP contribution is 2.01. The Morgan fingerprint density at radius 3 is 2.40 bits per heavy atom. The molecular formula is C10H17N3O2. The van der Waals surface area contributed by atoms with E-state index in [4.69, 9.17) is 0 Å². The van der Waals surface area contributed by atoms with E-state index in [9.17, 15) is 4.79 Å². The van der Waals surface area contributed by atoms with Crippen LogP contribution in [0, 0.1) is 6.92 Å². The third-order valence-corrected chi connectivity index (χ3v) is 1.34. The predicted octanol–water partition coefficient (Wildman–Crippen LogP) is 1.40. The van der Waals surface area contributed by atoms with E-state index in [0.717, 1.165) is 0 Å². The smallest absolute Gasteiger partial charge is 0.250 e. The lowest BCUT2D eigenvalue weighted by atomic mass is 10.5. The highest BCUT2D eigenvalue weighted by molar-refractivity contribution is 5.91. The Balaban J connectivity index is 0.000000921. The summed E-state index contributed by atoms with van der Waals surface area (Å²) in [5.41, 5.74) is 0.577. The molecule has 84 valence electrons. The van der Waals surface area contributed by atoms with Crippen LogP contribution in [0.4, 0.5) is 5.69 Å². The zero-order chi connectivity index (χ0) is 11.7. The number of anilines is 1. The van der Waals surface area contributed by atoms with Crippen LogP contribution >= 0.6 is 0 Å². The second kappa shape index (κ2) is 7.87. The summed E-state index contributed by atoms with van der Waals surface area (Å²) < 4.78 is 4.65. The van der Waals surface area contributed by atoms with Crippen molar-refractivity contribution in [3.05, 3.63) is 18.2 Å². The summed E-state index contributed by atoms with van der Waals surface area (Å²) in [7, 11) is 1.46. The molecule has 1 aromatic rings. The highest BCUT2D eigenvalue weighted by atomic mass is 16.5. The molecule has 15 heavy (non-hydrogen) atoms. The van der Waals surface area contributed by atoms with Crippen LogP contribution in [-0.4, -0.2) is 29.6 Å². The minimum Gasteiger partial charge on any atom is -0.375 e. The molecule has 1 amide bonds. The molecular weight excluding hydrogens is 194 g/mol. The number of nitrogens with one attached hydrogen (secondary N) is 1. The van der Waals surface area contributed by atoms with E-state index < -0.39 is 0 Å². The second-order valence-corrected chi connectivity index (χ2v) is 2.50. The first-order valence-corrected chi connectivity index (χ1v) is 4.80. The molecule has 0 saturated heterocycles. The number of hydrogen-bond donors (Lipinski definition) is 1. The van der Waals surface area contributed by atoms with Gasteiger partial charge in [0.15, 0.2) is 0 Å². The van der Waals surface area contributed by atoms with Gasteiger partial charge in [0.2, 0.25) is 5.91 Å². The van der Waals surface area contributed by atoms with Crippen LogP contribution in [0.5, 0.6) is 0 Å². The van der Waals surface area contributed by atoms with Crippen molar-refractivity contribution in [2.75, 3.05) is 19.0 Å². The number of aryl methyl sites for hydroxylation is 1. The topological polar surface area (TPSA) is 64.1 Å². The maximum absolute atomic E-state index is 11.0. The minimum absolute atomic E-state index is 0.0356. The van der Waals surface area contributed by atoms with Crippen LogP contribution in [0.2, 0.25) is 0 Å².